The fourth-order valence-electron chi connectivity index (χ4n) is 1.23. The van der Waals surface area contributed by atoms with Crippen molar-refractivity contribution in [2.24, 2.45) is 5.92 Å². The minimum Gasteiger partial charge on any atom is -0.481 e. The van der Waals surface area contributed by atoms with Gasteiger partial charge in [-0.25, -0.2) is 0 Å². The number of hydrogen-bond donors (Lipinski definition) is 3. The molecule has 3 unspecified atom stereocenters. The SMILES string of the molecule is O=C(O)C1CCC(O)C1O. The van der Waals surface area contributed by atoms with Crippen molar-refractivity contribution < 1.29 is 20.1 Å². The Hall–Kier alpha value is -0.610. The van der Waals surface area contributed by atoms with Crippen LogP contribution in [-0.2, 0) is 4.79 Å². The Kier molecular flexibility index (Phi) is 1.92. The van der Waals surface area contributed by atoms with E-state index in [1.54, 1.807) is 0 Å². The number of aliphatic carboxylic acids is 1. The summed E-state index contributed by atoms with van der Waals surface area (Å²) in [6.07, 6.45) is -1.16. The summed E-state index contributed by atoms with van der Waals surface area (Å²) in [6, 6.07) is 0. The first kappa shape index (κ1) is 7.50. The maximum Gasteiger partial charge on any atom is 0.309 e. The van der Waals surface area contributed by atoms with E-state index in [0.717, 1.165) is 0 Å². The molecule has 0 aromatic carbocycles. The maximum atomic E-state index is 10.3. The van der Waals surface area contributed by atoms with Gasteiger partial charge in [-0.3, -0.25) is 4.79 Å². The van der Waals surface area contributed by atoms with Crippen LogP contribution in [0.15, 0.2) is 0 Å². The Labute approximate surface area is 58.1 Å². The highest BCUT2D eigenvalue weighted by atomic mass is 16.4. The summed E-state index contributed by atoms with van der Waals surface area (Å²) in [4.78, 5) is 10.3. The summed E-state index contributed by atoms with van der Waals surface area (Å²) in [5.41, 5.74) is 0. The molecule has 0 amide bonds. The van der Waals surface area contributed by atoms with E-state index >= 15 is 0 Å². The predicted octanol–water partition coefficient (Wildman–Crippen LogP) is -0.797. The number of carbonyl (C=O) groups is 1. The van der Waals surface area contributed by atoms with E-state index < -0.39 is 24.1 Å². The van der Waals surface area contributed by atoms with Gasteiger partial charge in [-0.1, -0.05) is 0 Å². The molecule has 1 saturated carbocycles. The fourth-order valence-corrected chi connectivity index (χ4v) is 1.23. The second-order valence-electron chi connectivity index (χ2n) is 2.58. The molecule has 0 aromatic rings. The fraction of sp³-hybridized carbons (Fsp3) is 0.833. The molecule has 0 bridgehead atoms. The lowest BCUT2D eigenvalue weighted by Crippen LogP contribution is -2.29. The topological polar surface area (TPSA) is 77.8 Å². The first-order valence-electron chi connectivity index (χ1n) is 3.22. The van der Waals surface area contributed by atoms with Crippen molar-refractivity contribution in [2.75, 3.05) is 0 Å². The third-order valence-corrected chi connectivity index (χ3v) is 1.90. The second-order valence-corrected chi connectivity index (χ2v) is 2.58. The Morgan fingerprint density at radius 1 is 1.30 bits per heavy atom. The van der Waals surface area contributed by atoms with Gasteiger partial charge in [-0.2, -0.15) is 0 Å². The molecule has 0 heterocycles. The number of aliphatic hydroxyl groups is 2. The molecule has 1 aliphatic rings. The first-order chi connectivity index (χ1) is 4.63. The van der Waals surface area contributed by atoms with Crippen LogP contribution in [0.3, 0.4) is 0 Å². The summed E-state index contributed by atoms with van der Waals surface area (Å²) in [7, 11) is 0. The highest BCUT2D eigenvalue weighted by molar-refractivity contribution is 5.71. The van der Waals surface area contributed by atoms with Crippen LogP contribution in [0.2, 0.25) is 0 Å². The van der Waals surface area contributed by atoms with Gasteiger partial charge in [0.2, 0.25) is 0 Å². The van der Waals surface area contributed by atoms with Crippen LogP contribution in [0.5, 0.6) is 0 Å². The molecular weight excluding hydrogens is 136 g/mol. The molecule has 3 N–H and O–H groups in total. The number of carboxylic acid groups (broad SMARTS) is 1. The Morgan fingerprint density at radius 3 is 2.10 bits per heavy atom. The number of hydrogen-bond acceptors (Lipinski definition) is 3. The molecule has 10 heavy (non-hydrogen) atoms. The summed E-state index contributed by atoms with van der Waals surface area (Å²) >= 11 is 0. The zero-order chi connectivity index (χ0) is 7.72. The van der Waals surface area contributed by atoms with Crippen molar-refractivity contribution in [1.29, 1.82) is 0 Å². The first-order valence-corrected chi connectivity index (χ1v) is 3.22. The second kappa shape index (κ2) is 2.56. The van der Waals surface area contributed by atoms with Crippen LogP contribution in [-0.4, -0.2) is 33.5 Å². The summed E-state index contributed by atoms with van der Waals surface area (Å²) < 4.78 is 0. The standard InChI is InChI=1S/C6H10O4/c7-4-2-1-3(5(4)8)6(9)10/h3-5,7-8H,1-2H2,(H,9,10). The van der Waals surface area contributed by atoms with Crippen LogP contribution in [0.1, 0.15) is 12.8 Å². The molecule has 1 aliphatic carbocycles. The third-order valence-electron chi connectivity index (χ3n) is 1.90. The van der Waals surface area contributed by atoms with Crippen molar-refractivity contribution in [3.8, 4) is 0 Å². The summed E-state index contributed by atoms with van der Waals surface area (Å²) in [6.45, 7) is 0. The smallest absolute Gasteiger partial charge is 0.309 e. The molecule has 0 aromatic heterocycles. The number of aliphatic hydroxyl groups excluding tert-OH is 2. The van der Waals surface area contributed by atoms with Crippen LogP contribution in [0, 0.1) is 5.92 Å². The lowest BCUT2D eigenvalue weighted by atomic mass is 10.1. The van der Waals surface area contributed by atoms with Crippen molar-refractivity contribution in [2.45, 2.75) is 25.0 Å². The average molecular weight is 146 g/mol. The molecule has 0 aliphatic heterocycles. The molecule has 4 heteroatoms. The number of carboxylic acids is 1. The van der Waals surface area contributed by atoms with E-state index in [4.69, 9.17) is 15.3 Å². The normalized spacial score (nSPS) is 40.0. The number of rotatable bonds is 1. The van der Waals surface area contributed by atoms with E-state index in [1.807, 2.05) is 0 Å². The van der Waals surface area contributed by atoms with E-state index in [2.05, 4.69) is 0 Å². The van der Waals surface area contributed by atoms with Gasteiger partial charge in [0.15, 0.2) is 0 Å². The van der Waals surface area contributed by atoms with Crippen molar-refractivity contribution in [1.82, 2.24) is 0 Å². The van der Waals surface area contributed by atoms with Gasteiger partial charge in [0, 0.05) is 0 Å². The maximum absolute atomic E-state index is 10.3. The van der Waals surface area contributed by atoms with E-state index in [0.29, 0.717) is 12.8 Å². The molecule has 1 rings (SSSR count). The lowest BCUT2D eigenvalue weighted by molar-refractivity contribution is -0.145. The summed E-state index contributed by atoms with van der Waals surface area (Å²) in [5, 5.41) is 26.3. The van der Waals surface area contributed by atoms with Gasteiger partial charge in [0.05, 0.1) is 18.1 Å². The van der Waals surface area contributed by atoms with Crippen LogP contribution in [0.25, 0.3) is 0 Å². The minimum atomic E-state index is -1.07. The van der Waals surface area contributed by atoms with Gasteiger partial charge in [0.25, 0.3) is 0 Å². The predicted molar refractivity (Wildman–Crippen MR) is 32.4 cm³/mol. The molecule has 4 nitrogen and oxygen atoms in total. The zero-order valence-electron chi connectivity index (χ0n) is 5.40. The highest BCUT2D eigenvalue weighted by Gasteiger charge is 2.37. The average Bonchev–Trinajstić information content (AvgIpc) is 2.14. The van der Waals surface area contributed by atoms with Crippen LogP contribution >= 0.6 is 0 Å². The van der Waals surface area contributed by atoms with Gasteiger partial charge in [-0.15, -0.1) is 0 Å². The zero-order valence-corrected chi connectivity index (χ0v) is 5.40. The molecule has 58 valence electrons. The molecule has 3 atom stereocenters. The highest BCUT2D eigenvalue weighted by Crippen LogP contribution is 2.25. The van der Waals surface area contributed by atoms with Gasteiger partial charge < -0.3 is 15.3 Å². The molecule has 0 radical (unpaired) electrons. The van der Waals surface area contributed by atoms with E-state index in [1.165, 1.54) is 0 Å². The Bertz CT molecular complexity index is 145. The Morgan fingerprint density at radius 2 is 1.90 bits per heavy atom. The lowest BCUT2D eigenvalue weighted by Gasteiger charge is -2.10. The van der Waals surface area contributed by atoms with Gasteiger partial charge in [-0.05, 0) is 12.8 Å². The monoisotopic (exact) mass is 146 g/mol. The molecule has 0 saturated heterocycles. The van der Waals surface area contributed by atoms with Crippen molar-refractivity contribution in [3.05, 3.63) is 0 Å². The van der Waals surface area contributed by atoms with Crippen molar-refractivity contribution in [3.63, 3.8) is 0 Å². The van der Waals surface area contributed by atoms with E-state index in [-0.39, 0.29) is 0 Å². The molecule has 0 spiro atoms. The largest absolute Gasteiger partial charge is 0.481 e. The van der Waals surface area contributed by atoms with E-state index in [9.17, 15) is 4.79 Å². The van der Waals surface area contributed by atoms with Gasteiger partial charge in [0.1, 0.15) is 0 Å². The third kappa shape index (κ3) is 1.12. The molecular formula is C6H10O4. The van der Waals surface area contributed by atoms with Gasteiger partial charge >= 0.3 is 5.97 Å². The minimum absolute atomic E-state index is 0.373. The summed E-state index contributed by atoms with van der Waals surface area (Å²) in [5.74, 6) is -1.79. The quantitative estimate of drug-likeness (QED) is 0.452. The molecule has 1 fully saturated rings. The Balaban J connectivity index is 2.57. The van der Waals surface area contributed by atoms with Crippen LogP contribution in [0.4, 0.5) is 0 Å². The van der Waals surface area contributed by atoms with Crippen molar-refractivity contribution >= 4 is 5.97 Å². The van der Waals surface area contributed by atoms with Crippen LogP contribution < -0.4 is 0 Å².